The summed E-state index contributed by atoms with van der Waals surface area (Å²) in [5, 5.41) is 0.872. The van der Waals surface area contributed by atoms with Gasteiger partial charge in [0.05, 0.1) is 10.6 Å². The second-order valence-electron chi connectivity index (χ2n) is 3.88. The Morgan fingerprint density at radius 3 is 2.54 bits per heavy atom. The molecule has 0 saturated heterocycles. The van der Waals surface area contributed by atoms with Crippen LogP contribution in [0.4, 0.5) is 0 Å². The van der Waals surface area contributed by atoms with Crippen LogP contribution in [0.25, 0.3) is 0 Å². The Morgan fingerprint density at radius 2 is 2.08 bits per heavy atom. The van der Waals surface area contributed by atoms with Crippen LogP contribution in [0.3, 0.4) is 0 Å². The van der Waals surface area contributed by atoms with Crippen molar-refractivity contribution < 1.29 is 0 Å². The summed E-state index contributed by atoms with van der Waals surface area (Å²) < 4.78 is 0. The summed E-state index contributed by atoms with van der Waals surface area (Å²) in [7, 11) is 0. The average molecular weight is 216 g/mol. The highest BCUT2D eigenvalue weighted by molar-refractivity contribution is 7.12. The summed E-state index contributed by atoms with van der Waals surface area (Å²) in [6.45, 7) is 2.05. The molecule has 0 radical (unpaired) electrons. The molecule has 0 aromatic carbocycles. The topological polar surface area (TPSA) is 26.0 Å². The van der Waals surface area contributed by atoms with Crippen LogP contribution in [0.15, 0.2) is 6.07 Å². The van der Waals surface area contributed by atoms with E-state index in [2.05, 4.69) is 6.92 Å². The third-order valence-corrected chi connectivity index (χ3v) is 4.62. The Labute approximate surface area is 87.9 Å². The van der Waals surface area contributed by atoms with E-state index in [0.717, 1.165) is 17.9 Å². The maximum atomic E-state index is 6.31. The lowest BCUT2D eigenvalue weighted by atomic mass is 9.97. The molecular weight excluding hydrogens is 202 g/mol. The van der Waals surface area contributed by atoms with E-state index in [1.807, 2.05) is 6.07 Å². The van der Waals surface area contributed by atoms with Gasteiger partial charge >= 0.3 is 0 Å². The predicted octanol–water partition coefficient (Wildman–Crippen LogP) is 3.44. The van der Waals surface area contributed by atoms with Gasteiger partial charge in [-0.05, 0) is 25.8 Å². The zero-order valence-electron chi connectivity index (χ0n) is 7.77. The lowest BCUT2D eigenvalue weighted by molar-refractivity contribution is 0.472. The Kier molecular flexibility index (Phi) is 2.39. The fourth-order valence-electron chi connectivity index (χ4n) is 1.96. The fourth-order valence-corrected chi connectivity index (χ4v) is 3.32. The Hall–Kier alpha value is -0.0500. The van der Waals surface area contributed by atoms with E-state index in [-0.39, 0.29) is 5.54 Å². The highest BCUT2D eigenvalue weighted by atomic mass is 35.5. The molecule has 0 unspecified atom stereocenters. The molecule has 1 fully saturated rings. The normalized spacial score (nSPS) is 20.8. The predicted molar refractivity (Wildman–Crippen MR) is 58.4 cm³/mol. The standard InChI is InChI=1S/C10H14ClNS/c1-7-8(11)6-9(13-7)10(12)4-2-3-5-10/h6H,2-5,12H2,1H3. The summed E-state index contributed by atoms with van der Waals surface area (Å²) in [5.74, 6) is 0. The quantitative estimate of drug-likeness (QED) is 0.763. The molecule has 2 N–H and O–H groups in total. The van der Waals surface area contributed by atoms with Gasteiger partial charge in [0.2, 0.25) is 0 Å². The van der Waals surface area contributed by atoms with E-state index in [1.54, 1.807) is 11.3 Å². The molecule has 0 atom stereocenters. The first-order valence-electron chi connectivity index (χ1n) is 4.67. The SMILES string of the molecule is Cc1sc(C2(N)CCCC2)cc1Cl. The number of thiophene rings is 1. The van der Waals surface area contributed by atoms with Crippen molar-refractivity contribution >= 4 is 22.9 Å². The zero-order valence-corrected chi connectivity index (χ0v) is 9.34. The van der Waals surface area contributed by atoms with Gasteiger partial charge in [-0.15, -0.1) is 11.3 Å². The molecule has 0 spiro atoms. The lowest BCUT2D eigenvalue weighted by Gasteiger charge is -2.21. The average Bonchev–Trinajstić information content (AvgIpc) is 2.62. The molecule has 0 bridgehead atoms. The molecule has 1 saturated carbocycles. The first-order chi connectivity index (χ1) is 6.12. The molecule has 72 valence electrons. The highest BCUT2D eigenvalue weighted by Gasteiger charge is 2.32. The van der Waals surface area contributed by atoms with Gasteiger partial charge in [-0.2, -0.15) is 0 Å². The van der Waals surface area contributed by atoms with Crippen molar-refractivity contribution in [1.82, 2.24) is 0 Å². The van der Waals surface area contributed by atoms with Crippen LogP contribution in [0.5, 0.6) is 0 Å². The van der Waals surface area contributed by atoms with Crippen LogP contribution in [0.2, 0.25) is 5.02 Å². The summed E-state index contributed by atoms with van der Waals surface area (Å²) >= 11 is 7.78. The van der Waals surface area contributed by atoms with Crippen molar-refractivity contribution in [3.8, 4) is 0 Å². The number of halogens is 1. The van der Waals surface area contributed by atoms with Gasteiger partial charge in [-0.25, -0.2) is 0 Å². The molecule has 0 amide bonds. The van der Waals surface area contributed by atoms with Crippen molar-refractivity contribution in [1.29, 1.82) is 0 Å². The number of hydrogen-bond acceptors (Lipinski definition) is 2. The van der Waals surface area contributed by atoms with Crippen molar-refractivity contribution in [2.45, 2.75) is 38.1 Å². The summed E-state index contributed by atoms with van der Waals surface area (Å²) in [5.41, 5.74) is 6.25. The van der Waals surface area contributed by atoms with Gasteiger partial charge in [0.25, 0.3) is 0 Å². The third kappa shape index (κ3) is 1.63. The molecule has 3 heteroatoms. The van der Waals surface area contributed by atoms with E-state index in [4.69, 9.17) is 17.3 Å². The van der Waals surface area contributed by atoms with E-state index in [1.165, 1.54) is 22.6 Å². The Balaban J connectivity index is 2.34. The fraction of sp³-hybridized carbons (Fsp3) is 0.600. The summed E-state index contributed by atoms with van der Waals surface area (Å²) in [6.07, 6.45) is 4.74. The molecule has 1 heterocycles. The van der Waals surface area contributed by atoms with E-state index in [9.17, 15) is 0 Å². The van der Waals surface area contributed by atoms with Crippen LogP contribution in [0.1, 0.15) is 35.4 Å². The smallest absolute Gasteiger partial charge is 0.0545 e. The second-order valence-corrected chi connectivity index (χ2v) is 5.54. The minimum absolute atomic E-state index is 0.0669. The largest absolute Gasteiger partial charge is 0.321 e. The van der Waals surface area contributed by atoms with E-state index >= 15 is 0 Å². The molecule has 1 nitrogen and oxygen atoms in total. The van der Waals surface area contributed by atoms with Gasteiger partial charge in [0, 0.05) is 9.75 Å². The molecule has 1 aliphatic rings. The molecule has 1 aromatic heterocycles. The number of nitrogens with two attached hydrogens (primary N) is 1. The Morgan fingerprint density at radius 1 is 1.46 bits per heavy atom. The van der Waals surface area contributed by atoms with E-state index < -0.39 is 0 Å². The van der Waals surface area contributed by atoms with Crippen LogP contribution < -0.4 is 5.73 Å². The molecule has 0 aliphatic heterocycles. The van der Waals surface area contributed by atoms with E-state index in [0.29, 0.717) is 0 Å². The second kappa shape index (κ2) is 3.26. The number of rotatable bonds is 1. The molecule has 1 aliphatic carbocycles. The minimum Gasteiger partial charge on any atom is -0.321 e. The van der Waals surface area contributed by atoms with Crippen LogP contribution in [0, 0.1) is 6.92 Å². The maximum Gasteiger partial charge on any atom is 0.0545 e. The molecule has 13 heavy (non-hydrogen) atoms. The summed E-state index contributed by atoms with van der Waals surface area (Å²) in [4.78, 5) is 2.46. The van der Waals surface area contributed by atoms with Crippen molar-refractivity contribution in [3.63, 3.8) is 0 Å². The number of aryl methyl sites for hydroxylation is 1. The van der Waals surface area contributed by atoms with Crippen LogP contribution in [-0.2, 0) is 5.54 Å². The van der Waals surface area contributed by atoms with Gasteiger partial charge in [0.15, 0.2) is 0 Å². The van der Waals surface area contributed by atoms with Gasteiger partial charge in [-0.3, -0.25) is 0 Å². The molecule has 2 rings (SSSR count). The third-order valence-electron chi connectivity index (χ3n) is 2.84. The Bertz CT molecular complexity index is 293. The van der Waals surface area contributed by atoms with Gasteiger partial charge < -0.3 is 5.73 Å². The van der Waals surface area contributed by atoms with Gasteiger partial charge in [-0.1, -0.05) is 24.4 Å². The van der Waals surface area contributed by atoms with Crippen molar-refractivity contribution in [2.24, 2.45) is 5.73 Å². The summed E-state index contributed by atoms with van der Waals surface area (Å²) in [6, 6.07) is 2.05. The van der Waals surface area contributed by atoms with Crippen molar-refractivity contribution in [3.05, 3.63) is 20.8 Å². The zero-order chi connectivity index (χ0) is 9.47. The monoisotopic (exact) mass is 215 g/mol. The van der Waals surface area contributed by atoms with Crippen LogP contribution >= 0.6 is 22.9 Å². The van der Waals surface area contributed by atoms with Crippen LogP contribution in [-0.4, -0.2) is 0 Å². The number of hydrogen-bond donors (Lipinski definition) is 1. The van der Waals surface area contributed by atoms with Crippen molar-refractivity contribution in [2.75, 3.05) is 0 Å². The highest BCUT2D eigenvalue weighted by Crippen LogP contribution is 2.41. The maximum absolute atomic E-state index is 6.31. The molecule has 1 aromatic rings. The first kappa shape index (κ1) is 9.50. The first-order valence-corrected chi connectivity index (χ1v) is 5.86. The van der Waals surface area contributed by atoms with Gasteiger partial charge in [0.1, 0.15) is 0 Å². The minimum atomic E-state index is -0.0669. The molecular formula is C10H14ClNS. The lowest BCUT2D eigenvalue weighted by Crippen LogP contribution is -2.31.